The van der Waals surface area contributed by atoms with Crippen molar-refractivity contribution in [3.05, 3.63) is 28.3 Å². The van der Waals surface area contributed by atoms with E-state index < -0.39 is 0 Å². The lowest BCUT2D eigenvalue weighted by Crippen LogP contribution is -2.22. The van der Waals surface area contributed by atoms with E-state index in [4.69, 9.17) is 4.74 Å². The van der Waals surface area contributed by atoms with Gasteiger partial charge in [0.05, 0.1) is 11.5 Å². The number of nitro benzene ring substituents is 1. The fourth-order valence-electron chi connectivity index (χ4n) is 2.15. The maximum atomic E-state index is 11.2. The van der Waals surface area contributed by atoms with E-state index in [1.54, 1.807) is 18.2 Å². The Morgan fingerprint density at radius 3 is 3.05 bits per heavy atom. The molecule has 0 aromatic heterocycles. The normalized spacial score (nSPS) is 18.3. The van der Waals surface area contributed by atoms with Gasteiger partial charge in [0.15, 0.2) is 5.75 Å². The number of ether oxygens (including phenoxy) is 1. The standard InChI is InChI=1S/C13H19N3O3/c1-2-8-19-12-5-3-4-11(13(12)16(17)18)15-10-6-7-14-9-10/h3-5,10,14-15H,2,6-9H2,1H3. The minimum atomic E-state index is -0.379. The van der Waals surface area contributed by atoms with Crippen LogP contribution in [0, 0.1) is 10.1 Å². The van der Waals surface area contributed by atoms with E-state index in [1.807, 2.05) is 6.92 Å². The minimum Gasteiger partial charge on any atom is -0.487 e. The zero-order valence-electron chi connectivity index (χ0n) is 11.0. The van der Waals surface area contributed by atoms with E-state index >= 15 is 0 Å². The summed E-state index contributed by atoms with van der Waals surface area (Å²) in [4.78, 5) is 10.9. The molecule has 0 radical (unpaired) electrons. The van der Waals surface area contributed by atoms with Crippen LogP contribution < -0.4 is 15.4 Å². The Kier molecular flexibility index (Phi) is 4.57. The summed E-state index contributed by atoms with van der Waals surface area (Å²) >= 11 is 0. The highest BCUT2D eigenvalue weighted by atomic mass is 16.6. The van der Waals surface area contributed by atoms with Crippen LogP contribution in [0.25, 0.3) is 0 Å². The fraction of sp³-hybridized carbons (Fsp3) is 0.538. The lowest BCUT2D eigenvalue weighted by atomic mass is 10.2. The van der Waals surface area contributed by atoms with Gasteiger partial charge in [0, 0.05) is 12.6 Å². The Morgan fingerprint density at radius 1 is 1.58 bits per heavy atom. The lowest BCUT2D eigenvalue weighted by Gasteiger charge is -2.14. The number of anilines is 1. The van der Waals surface area contributed by atoms with Crippen molar-refractivity contribution in [3.63, 3.8) is 0 Å². The van der Waals surface area contributed by atoms with Gasteiger partial charge in [-0.2, -0.15) is 0 Å². The third kappa shape index (κ3) is 3.35. The van der Waals surface area contributed by atoms with E-state index in [-0.39, 0.29) is 16.7 Å². The molecule has 0 amide bonds. The van der Waals surface area contributed by atoms with Gasteiger partial charge in [0.25, 0.3) is 0 Å². The summed E-state index contributed by atoms with van der Waals surface area (Å²) in [5.41, 5.74) is 0.565. The average molecular weight is 265 g/mol. The van der Waals surface area contributed by atoms with Crippen LogP contribution in [0.4, 0.5) is 11.4 Å². The van der Waals surface area contributed by atoms with Crippen LogP contribution in [0.5, 0.6) is 5.75 Å². The molecule has 0 saturated carbocycles. The summed E-state index contributed by atoms with van der Waals surface area (Å²) in [6.07, 6.45) is 1.79. The van der Waals surface area contributed by atoms with Crippen molar-refractivity contribution in [2.45, 2.75) is 25.8 Å². The lowest BCUT2D eigenvalue weighted by molar-refractivity contribution is -0.385. The molecule has 1 aromatic rings. The van der Waals surface area contributed by atoms with Crippen molar-refractivity contribution in [1.29, 1.82) is 0 Å². The molecule has 0 bridgehead atoms. The first-order chi connectivity index (χ1) is 9.22. The molecule has 1 saturated heterocycles. The van der Waals surface area contributed by atoms with Gasteiger partial charge in [-0.05, 0) is 31.5 Å². The van der Waals surface area contributed by atoms with E-state index in [9.17, 15) is 10.1 Å². The first-order valence-corrected chi connectivity index (χ1v) is 6.59. The second kappa shape index (κ2) is 6.38. The number of nitrogens with zero attached hydrogens (tertiary/aromatic N) is 1. The summed E-state index contributed by atoms with van der Waals surface area (Å²) < 4.78 is 5.46. The molecule has 1 unspecified atom stereocenters. The van der Waals surface area contributed by atoms with Crippen LogP contribution in [0.1, 0.15) is 19.8 Å². The molecular weight excluding hydrogens is 246 g/mol. The smallest absolute Gasteiger partial charge is 0.333 e. The molecule has 1 atom stereocenters. The summed E-state index contributed by atoms with van der Waals surface area (Å²) in [6.45, 7) is 4.22. The summed E-state index contributed by atoms with van der Waals surface area (Å²) in [7, 11) is 0. The van der Waals surface area contributed by atoms with Gasteiger partial charge in [-0.15, -0.1) is 0 Å². The van der Waals surface area contributed by atoms with Crippen molar-refractivity contribution >= 4 is 11.4 Å². The predicted octanol–water partition coefficient (Wildman–Crippen LogP) is 2.16. The van der Waals surface area contributed by atoms with Crippen LogP contribution in [-0.2, 0) is 0 Å². The number of rotatable bonds is 6. The van der Waals surface area contributed by atoms with E-state index in [0.717, 1.165) is 25.9 Å². The third-order valence-electron chi connectivity index (χ3n) is 3.06. The molecule has 104 valence electrons. The number of hydrogen-bond donors (Lipinski definition) is 2. The minimum absolute atomic E-state index is 0.0304. The topological polar surface area (TPSA) is 76.4 Å². The molecule has 0 spiro atoms. The van der Waals surface area contributed by atoms with E-state index in [0.29, 0.717) is 18.0 Å². The highest BCUT2D eigenvalue weighted by Crippen LogP contribution is 2.35. The number of para-hydroxylation sites is 1. The van der Waals surface area contributed by atoms with E-state index in [2.05, 4.69) is 10.6 Å². The van der Waals surface area contributed by atoms with Gasteiger partial charge in [-0.25, -0.2) is 0 Å². The predicted molar refractivity (Wildman–Crippen MR) is 73.8 cm³/mol. The Bertz CT molecular complexity index is 445. The average Bonchev–Trinajstić information content (AvgIpc) is 2.89. The van der Waals surface area contributed by atoms with Gasteiger partial charge in [-0.3, -0.25) is 10.1 Å². The van der Waals surface area contributed by atoms with Gasteiger partial charge < -0.3 is 15.4 Å². The van der Waals surface area contributed by atoms with Crippen molar-refractivity contribution < 1.29 is 9.66 Å². The molecule has 1 aliphatic heterocycles. The summed E-state index contributed by atoms with van der Waals surface area (Å²) in [5.74, 6) is 0.336. The van der Waals surface area contributed by atoms with Gasteiger partial charge in [-0.1, -0.05) is 13.0 Å². The molecule has 6 heteroatoms. The Hall–Kier alpha value is -1.82. The Morgan fingerprint density at radius 2 is 2.42 bits per heavy atom. The SMILES string of the molecule is CCCOc1cccc(NC2CCNC2)c1[N+](=O)[O-]. The zero-order chi connectivity index (χ0) is 13.7. The second-order valence-corrected chi connectivity index (χ2v) is 4.59. The molecule has 1 heterocycles. The molecule has 1 aliphatic rings. The Balaban J connectivity index is 2.22. The number of nitro groups is 1. The number of nitrogens with one attached hydrogen (secondary N) is 2. The van der Waals surface area contributed by atoms with Crippen LogP contribution >= 0.6 is 0 Å². The quantitative estimate of drug-likeness (QED) is 0.609. The van der Waals surface area contributed by atoms with Crippen molar-refractivity contribution in [1.82, 2.24) is 5.32 Å². The maximum absolute atomic E-state index is 11.2. The molecule has 1 aromatic carbocycles. The van der Waals surface area contributed by atoms with E-state index in [1.165, 1.54) is 0 Å². The fourth-order valence-corrected chi connectivity index (χ4v) is 2.15. The molecule has 1 fully saturated rings. The molecule has 2 rings (SSSR count). The summed E-state index contributed by atoms with van der Waals surface area (Å²) in [5, 5.41) is 17.7. The van der Waals surface area contributed by atoms with Crippen LogP contribution in [0.15, 0.2) is 18.2 Å². The van der Waals surface area contributed by atoms with Gasteiger partial charge in [0.1, 0.15) is 5.69 Å². The zero-order valence-corrected chi connectivity index (χ0v) is 11.0. The Labute approximate surface area is 112 Å². The van der Waals surface area contributed by atoms with Crippen molar-refractivity contribution in [3.8, 4) is 5.75 Å². The second-order valence-electron chi connectivity index (χ2n) is 4.59. The monoisotopic (exact) mass is 265 g/mol. The number of benzene rings is 1. The summed E-state index contributed by atoms with van der Waals surface area (Å²) in [6, 6.07) is 5.39. The molecular formula is C13H19N3O3. The van der Waals surface area contributed by atoms with Crippen molar-refractivity contribution in [2.24, 2.45) is 0 Å². The van der Waals surface area contributed by atoms with Gasteiger partial charge in [0.2, 0.25) is 0 Å². The first kappa shape index (κ1) is 13.6. The molecule has 19 heavy (non-hydrogen) atoms. The van der Waals surface area contributed by atoms with Crippen molar-refractivity contribution in [2.75, 3.05) is 25.0 Å². The third-order valence-corrected chi connectivity index (χ3v) is 3.06. The molecule has 6 nitrogen and oxygen atoms in total. The van der Waals surface area contributed by atoms with Crippen LogP contribution in [-0.4, -0.2) is 30.7 Å². The number of hydrogen-bond acceptors (Lipinski definition) is 5. The largest absolute Gasteiger partial charge is 0.487 e. The first-order valence-electron chi connectivity index (χ1n) is 6.59. The maximum Gasteiger partial charge on any atom is 0.333 e. The van der Waals surface area contributed by atoms with Crippen LogP contribution in [0.3, 0.4) is 0 Å². The van der Waals surface area contributed by atoms with Crippen LogP contribution in [0.2, 0.25) is 0 Å². The highest BCUT2D eigenvalue weighted by molar-refractivity contribution is 5.68. The van der Waals surface area contributed by atoms with Gasteiger partial charge >= 0.3 is 5.69 Å². The molecule has 0 aliphatic carbocycles. The highest BCUT2D eigenvalue weighted by Gasteiger charge is 2.24. The molecule has 2 N–H and O–H groups in total.